The van der Waals surface area contributed by atoms with Crippen molar-refractivity contribution in [2.45, 2.75) is 32.7 Å². The first-order valence-electron chi connectivity index (χ1n) is 6.81. The topological polar surface area (TPSA) is 79.1 Å². The van der Waals surface area contributed by atoms with Crippen LogP contribution in [0.5, 0.6) is 0 Å². The van der Waals surface area contributed by atoms with Gasteiger partial charge in [0.15, 0.2) is 0 Å². The van der Waals surface area contributed by atoms with Crippen molar-refractivity contribution in [2.75, 3.05) is 43.6 Å². The Labute approximate surface area is 115 Å². The lowest BCUT2D eigenvalue weighted by atomic mass is 10.2. The van der Waals surface area contributed by atoms with E-state index < -0.39 is 0 Å². The van der Waals surface area contributed by atoms with Crippen LogP contribution < -0.4 is 16.4 Å². The van der Waals surface area contributed by atoms with Crippen LogP contribution in [0.15, 0.2) is 6.07 Å². The summed E-state index contributed by atoms with van der Waals surface area (Å²) in [5, 5.41) is 6.58. The van der Waals surface area contributed by atoms with Gasteiger partial charge in [-0.3, -0.25) is 0 Å². The third kappa shape index (κ3) is 6.24. The van der Waals surface area contributed by atoms with E-state index in [1.807, 2.05) is 6.07 Å². The average Bonchev–Trinajstić information content (AvgIpc) is 2.33. The second-order valence-electron chi connectivity index (χ2n) is 5.06. The molecule has 1 rings (SSSR count). The summed E-state index contributed by atoms with van der Waals surface area (Å²) < 4.78 is 0. The summed E-state index contributed by atoms with van der Waals surface area (Å²) in [6.07, 6.45) is 2.10. The number of hydrogen-bond donors (Lipinski definition) is 3. The van der Waals surface area contributed by atoms with Crippen LogP contribution in [0, 0.1) is 0 Å². The van der Waals surface area contributed by atoms with Gasteiger partial charge >= 0.3 is 0 Å². The number of nitrogens with one attached hydrogen (secondary N) is 2. The molecular weight excluding hydrogens is 240 g/mol. The molecule has 1 aromatic rings. The summed E-state index contributed by atoms with van der Waals surface area (Å²) in [4.78, 5) is 10.5. The lowest BCUT2D eigenvalue weighted by Crippen LogP contribution is -2.23. The predicted molar refractivity (Wildman–Crippen MR) is 81.5 cm³/mol. The zero-order chi connectivity index (χ0) is 14.3. The van der Waals surface area contributed by atoms with E-state index in [0.717, 1.165) is 37.6 Å². The second-order valence-corrected chi connectivity index (χ2v) is 5.06. The molecule has 0 fully saturated rings. The van der Waals surface area contributed by atoms with E-state index in [1.54, 1.807) is 0 Å². The summed E-state index contributed by atoms with van der Waals surface area (Å²) in [6, 6.07) is 2.24. The SMILES string of the molecule is CCCNc1cc(NC(C)CCN(C)C)nc(N)n1. The van der Waals surface area contributed by atoms with E-state index in [2.05, 4.69) is 53.4 Å². The summed E-state index contributed by atoms with van der Waals surface area (Å²) in [5.74, 6) is 1.84. The molecule has 0 radical (unpaired) electrons. The van der Waals surface area contributed by atoms with Gasteiger partial charge in [-0.05, 0) is 40.4 Å². The molecule has 0 saturated carbocycles. The maximum atomic E-state index is 5.72. The van der Waals surface area contributed by atoms with Crippen molar-refractivity contribution in [2.24, 2.45) is 0 Å². The highest BCUT2D eigenvalue weighted by molar-refractivity contribution is 5.51. The third-order valence-electron chi connectivity index (χ3n) is 2.70. The highest BCUT2D eigenvalue weighted by atomic mass is 15.1. The molecule has 1 aromatic heterocycles. The van der Waals surface area contributed by atoms with Gasteiger partial charge in [-0.15, -0.1) is 0 Å². The lowest BCUT2D eigenvalue weighted by Gasteiger charge is -2.17. The number of aromatic nitrogens is 2. The van der Waals surface area contributed by atoms with Gasteiger partial charge in [0.05, 0.1) is 0 Å². The Morgan fingerprint density at radius 2 is 2.00 bits per heavy atom. The van der Waals surface area contributed by atoms with E-state index in [0.29, 0.717) is 12.0 Å². The zero-order valence-corrected chi connectivity index (χ0v) is 12.4. The molecule has 19 heavy (non-hydrogen) atoms. The van der Waals surface area contributed by atoms with Crippen LogP contribution in [0.4, 0.5) is 17.6 Å². The molecule has 6 nitrogen and oxygen atoms in total. The number of rotatable bonds is 8. The van der Waals surface area contributed by atoms with Crippen LogP contribution in [-0.4, -0.2) is 48.1 Å². The molecule has 0 bridgehead atoms. The van der Waals surface area contributed by atoms with Gasteiger partial charge in [0, 0.05) is 18.7 Å². The van der Waals surface area contributed by atoms with E-state index in [9.17, 15) is 0 Å². The van der Waals surface area contributed by atoms with Crippen LogP contribution in [-0.2, 0) is 0 Å². The lowest BCUT2D eigenvalue weighted by molar-refractivity contribution is 0.390. The van der Waals surface area contributed by atoms with E-state index in [1.165, 1.54) is 0 Å². The van der Waals surface area contributed by atoms with Crippen molar-refractivity contribution in [3.63, 3.8) is 0 Å². The van der Waals surface area contributed by atoms with E-state index in [4.69, 9.17) is 5.73 Å². The minimum atomic E-state index is 0.295. The molecule has 0 spiro atoms. The van der Waals surface area contributed by atoms with Crippen LogP contribution in [0.3, 0.4) is 0 Å². The Kier molecular flexibility index (Phi) is 6.35. The Morgan fingerprint density at radius 1 is 1.32 bits per heavy atom. The van der Waals surface area contributed by atoms with Crippen LogP contribution in [0.2, 0.25) is 0 Å². The van der Waals surface area contributed by atoms with Gasteiger partial charge in [-0.1, -0.05) is 6.92 Å². The molecule has 1 unspecified atom stereocenters. The normalized spacial score (nSPS) is 12.5. The van der Waals surface area contributed by atoms with Crippen molar-refractivity contribution in [1.29, 1.82) is 0 Å². The van der Waals surface area contributed by atoms with Crippen LogP contribution in [0.1, 0.15) is 26.7 Å². The third-order valence-corrected chi connectivity index (χ3v) is 2.70. The van der Waals surface area contributed by atoms with Crippen molar-refractivity contribution in [1.82, 2.24) is 14.9 Å². The molecule has 0 saturated heterocycles. The largest absolute Gasteiger partial charge is 0.370 e. The molecule has 1 atom stereocenters. The monoisotopic (exact) mass is 266 g/mol. The minimum Gasteiger partial charge on any atom is -0.370 e. The zero-order valence-electron chi connectivity index (χ0n) is 12.4. The highest BCUT2D eigenvalue weighted by Crippen LogP contribution is 2.14. The Bertz CT molecular complexity index is 379. The molecule has 6 heteroatoms. The van der Waals surface area contributed by atoms with E-state index in [-0.39, 0.29) is 0 Å². The van der Waals surface area contributed by atoms with Crippen molar-refractivity contribution in [3.05, 3.63) is 6.07 Å². The smallest absolute Gasteiger partial charge is 0.223 e. The molecule has 0 aromatic carbocycles. The molecule has 1 heterocycles. The second kappa shape index (κ2) is 7.78. The fourth-order valence-corrected chi connectivity index (χ4v) is 1.66. The standard InChI is InChI=1S/C13H26N6/c1-5-7-15-11-9-12(18-13(14)17-11)16-10(2)6-8-19(3)4/h9-10H,5-8H2,1-4H3,(H4,14,15,16,17,18). The van der Waals surface area contributed by atoms with Gasteiger partial charge in [0.1, 0.15) is 11.6 Å². The first kappa shape index (κ1) is 15.5. The van der Waals surface area contributed by atoms with Gasteiger partial charge in [-0.25, -0.2) is 0 Å². The van der Waals surface area contributed by atoms with Gasteiger partial charge in [0.2, 0.25) is 5.95 Å². The van der Waals surface area contributed by atoms with Crippen LogP contribution >= 0.6 is 0 Å². The maximum Gasteiger partial charge on any atom is 0.223 e. The quantitative estimate of drug-likeness (QED) is 0.664. The van der Waals surface area contributed by atoms with Crippen molar-refractivity contribution >= 4 is 17.6 Å². The van der Waals surface area contributed by atoms with Crippen LogP contribution in [0.25, 0.3) is 0 Å². The first-order valence-corrected chi connectivity index (χ1v) is 6.81. The number of nitrogens with two attached hydrogens (primary N) is 1. The molecule has 0 aliphatic heterocycles. The Morgan fingerprint density at radius 3 is 2.63 bits per heavy atom. The molecular formula is C13H26N6. The number of nitrogen functional groups attached to an aromatic ring is 1. The Hall–Kier alpha value is -1.56. The molecule has 0 amide bonds. The fourth-order valence-electron chi connectivity index (χ4n) is 1.66. The van der Waals surface area contributed by atoms with Crippen molar-refractivity contribution in [3.8, 4) is 0 Å². The Balaban J connectivity index is 2.59. The van der Waals surface area contributed by atoms with Gasteiger partial charge < -0.3 is 21.3 Å². The summed E-state index contributed by atoms with van der Waals surface area (Å²) in [5.41, 5.74) is 5.72. The molecule has 0 aliphatic carbocycles. The average molecular weight is 266 g/mol. The summed E-state index contributed by atoms with van der Waals surface area (Å²) in [6.45, 7) is 6.17. The number of anilines is 3. The predicted octanol–water partition coefficient (Wildman–Crippen LogP) is 1.63. The van der Waals surface area contributed by atoms with Gasteiger partial charge in [-0.2, -0.15) is 9.97 Å². The highest BCUT2D eigenvalue weighted by Gasteiger charge is 2.06. The summed E-state index contributed by atoms with van der Waals surface area (Å²) >= 11 is 0. The number of nitrogens with zero attached hydrogens (tertiary/aromatic N) is 3. The molecule has 0 aliphatic rings. The van der Waals surface area contributed by atoms with E-state index >= 15 is 0 Å². The number of hydrogen-bond acceptors (Lipinski definition) is 6. The fraction of sp³-hybridized carbons (Fsp3) is 0.692. The molecule has 108 valence electrons. The summed E-state index contributed by atoms with van der Waals surface area (Å²) in [7, 11) is 4.14. The van der Waals surface area contributed by atoms with Gasteiger partial charge in [0.25, 0.3) is 0 Å². The molecule has 4 N–H and O–H groups in total. The minimum absolute atomic E-state index is 0.295. The first-order chi connectivity index (χ1) is 9.01. The van der Waals surface area contributed by atoms with Crippen molar-refractivity contribution < 1.29 is 0 Å². The maximum absolute atomic E-state index is 5.72.